The summed E-state index contributed by atoms with van der Waals surface area (Å²) in [5.41, 5.74) is 4.59. The van der Waals surface area contributed by atoms with Crippen molar-refractivity contribution in [3.8, 4) is 11.3 Å². The van der Waals surface area contributed by atoms with Gasteiger partial charge in [0.25, 0.3) is 0 Å². The summed E-state index contributed by atoms with van der Waals surface area (Å²) in [7, 11) is -3.70. The quantitative estimate of drug-likeness (QED) is 0.484. The molecule has 2 heterocycles. The van der Waals surface area contributed by atoms with E-state index in [2.05, 4.69) is 40.3 Å². The highest BCUT2D eigenvalue weighted by molar-refractivity contribution is 7.89. The van der Waals surface area contributed by atoms with Gasteiger partial charge >= 0.3 is 0 Å². The predicted octanol–water partition coefficient (Wildman–Crippen LogP) is 3.79. The maximum absolute atomic E-state index is 11.4. The topological polar surface area (TPSA) is 90.4 Å². The van der Waals surface area contributed by atoms with Gasteiger partial charge in [0.15, 0.2) is 5.65 Å². The summed E-state index contributed by atoms with van der Waals surface area (Å²) in [4.78, 5) is 9.21. The fraction of sp³-hybridized carbons (Fsp3) is 0.0435. The van der Waals surface area contributed by atoms with Gasteiger partial charge in [-0.15, -0.1) is 0 Å². The fourth-order valence-electron chi connectivity index (χ4n) is 3.65. The zero-order valence-corrected chi connectivity index (χ0v) is 16.8. The number of sulfonamides is 1. The Labute approximate surface area is 173 Å². The summed E-state index contributed by atoms with van der Waals surface area (Å²) in [5, 5.41) is 7.54. The van der Waals surface area contributed by atoms with Gasteiger partial charge in [-0.3, -0.25) is 9.38 Å². The standard InChI is InChI=1S/C23H18N4O2S/c24-30(28,29)20-9-5-16(6-10-20)13-21-23-26-15-22(27(23)12-11-25-21)19-8-7-17-3-1-2-4-18(17)14-19/h1-12,14-15H,13H2,(H2,24,28,29). The highest BCUT2D eigenvalue weighted by Crippen LogP contribution is 2.26. The van der Waals surface area contributed by atoms with Crippen LogP contribution in [0.2, 0.25) is 0 Å². The summed E-state index contributed by atoms with van der Waals surface area (Å²) < 4.78 is 24.9. The monoisotopic (exact) mass is 414 g/mol. The maximum atomic E-state index is 11.4. The molecule has 0 atom stereocenters. The van der Waals surface area contributed by atoms with E-state index in [9.17, 15) is 8.42 Å². The molecule has 5 aromatic rings. The number of nitrogens with two attached hydrogens (primary N) is 1. The third kappa shape index (κ3) is 3.34. The molecule has 0 saturated heterocycles. The first-order valence-electron chi connectivity index (χ1n) is 9.41. The maximum Gasteiger partial charge on any atom is 0.238 e. The lowest BCUT2D eigenvalue weighted by Gasteiger charge is -2.07. The number of hydrogen-bond acceptors (Lipinski definition) is 4. The van der Waals surface area contributed by atoms with Crippen molar-refractivity contribution < 1.29 is 8.42 Å². The van der Waals surface area contributed by atoms with E-state index >= 15 is 0 Å². The third-order valence-corrected chi connectivity index (χ3v) is 6.10. The summed E-state index contributed by atoms with van der Waals surface area (Å²) in [6.45, 7) is 0. The van der Waals surface area contributed by atoms with Gasteiger partial charge in [0, 0.05) is 24.4 Å². The number of rotatable bonds is 4. The van der Waals surface area contributed by atoms with Crippen LogP contribution in [0.5, 0.6) is 0 Å². The zero-order chi connectivity index (χ0) is 20.7. The van der Waals surface area contributed by atoms with Crippen LogP contribution < -0.4 is 5.14 Å². The van der Waals surface area contributed by atoms with E-state index in [-0.39, 0.29) is 4.90 Å². The first-order valence-corrected chi connectivity index (χ1v) is 11.0. The Morgan fingerprint density at radius 1 is 0.900 bits per heavy atom. The predicted molar refractivity (Wildman–Crippen MR) is 117 cm³/mol. The Morgan fingerprint density at radius 2 is 1.67 bits per heavy atom. The van der Waals surface area contributed by atoms with Gasteiger partial charge in [-0.2, -0.15) is 0 Å². The van der Waals surface area contributed by atoms with Crippen LogP contribution in [-0.2, 0) is 16.4 Å². The number of aromatic nitrogens is 3. The van der Waals surface area contributed by atoms with Crippen molar-refractivity contribution in [2.45, 2.75) is 11.3 Å². The van der Waals surface area contributed by atoms with E-state index < -0.39 is 10.0 Å². The molecular formula is C23H18N4O2S. The van der Waals surface area contributed by atoms with Crippen LogP contribution >= 0.6 is 0 Å². The van der Waals surface area contributed by atoms with Crippen molar-refractivity contribution in [3.63, 3.8) is 0 Å². The number of hydrogen-bond donors (Lipinski definition) is 1. The number of fused-ring (bicyclic) bond motifs is 2. The minimum Gasteiger partial charge on any atom is -0.297 e. The minimum atomic E-state index is -3.70. The molecule has 0 aliphatic heterocycles. The molecule has 7 heteroatoms. The molecule has 0 spiro atoms. The highest BCUT2D eigenvalue weighted by atomic mass is 32.2. The van der Waals surface area contributed by atoms with E-state index in [1.807, 2.05) is 28.9 Å². The molecule has 0 aliphatic rings. The Hall–Kier alpha value is -3.55. The van der Waals surface area contributed by atoms with Crippen LogP contribution in [0.25, 0.3) is 27.7 Å². The Kier molecular flexibility index (Phi) is 4.34. The van der Waals surface area contributed by atoms with Gasteiger partial charge in [-0.05, 0) is 34.5 Å². The van der Waals surface area contributed by atoms with E-state index in [1.165, 1.54) is 22.9 Å². The van der Waals surface area contributed by atoms with Crippen molar-refractivity contribution in [3.05, 3.63) is 96.6 Å². The lowest BCUT2D eigenvalue weighted by atomic mass is 10.1. The van der Waals surface area contributed by atoms with Gasteiger partial charge in [-0.1, -0.05) is 48.5 Å². The number of primary sulfonamides is 1. The highest BCUT2D eigenvalue weighted by Gasteiger charge is 2.12. The lowest BCUT2D eigenvalue weighted by Crippen LogP contribution is -2.11. The minimum absolute atomic E-state index is 0.0943. The van der Waals surface area contributed by atoms with Crippen LogP contribution in [0.1, 0.15) is 11.3 Å². The first-order chi connectivity index (χ1) is 14.5. The molecule has 0 bridgehead atoms. The second-order valence-corrected chi connectivity index (χ2v) is 8.70. The molecule has 30 heavy (non-hydrogen) atoms. The van der Waals surface area contributed by atoms with E-state index in [1.54, 1.807) is 18.3 Å². The average Bonchev–Trinajstić information content (AvgIpc) is 3.18. The molecule has 148 valence electrons. The van der Waals surface area contributed by atoms with Crippen LogP contribution in [-0.4, -0.2) is 22.8 Å². The fourth-order valence-corrected chi connectivity index (χ4v) is 4.17. The van der Waals surface area contributed by atoms with E-state index in [0.717, 1.165) is 28.2 Å². The van der Waals surface area contributed by atoms with Gasteiger partial charge in [0.2, 0.25) is 10.0 Å². The first kappa shape index (κ1) is 18.5. The SMILES string of the molecule is NS(=O)(=O)c1ccc(Cc2nccn3c(-c4ccc5ccccc5c4)cnc23)cc1. The molecule has 5 rings (SSSR count). The van der Waals surface area contributed by atoms with E-state index in [0.29, 0.717) is 6.42 Å². The average molecular weight is 414 g/mol. The molecule has 6 nitrogen and oxygen atoms in total. The van der Waals surface area contributed by atoms with Gasteiger partial charge < -0.3 is 0 Å². The lowest BCUT2D eigenvalue weighted by molar-refractivity contribution is 0.598. The summed E-state index contributed by atoms with van der Waals surface area (Å²) >= 11 is 0. The largest absolute Gasteiger partial charge is 0.297 e. The summed E-state index contributed by atoms with van der Waals surface area (Å²) in [5.74, 6) is 0. The summed E-state index contributed by atoms with van der Waals surface area (Å²) in [6.07, 6.45) is 6.05. The van der Waals surface area contributed by atoms with Gasteiger partial charge in [-0.25, -0.2) is 18.5 Å². The van der Waals surface area contributed by atoms with Crippen LogP contribution in [0.15, 0.2) is 90.2 Å². The van der Waals surface area contributed by atoms with Crippen LogP contribution in [0, 0.1) is 0 Å². The number of nitrogens with zero attached hydrogens (tertiary/aromatic N) is 3. The molecule has 0 aliphatic carbocycles. The van der Waals surface area contributed by atoms with Crippen molar-refractivity contribution in [2.75, 3.05) is 0 Å². The molecule has 0 amide bonds. The second-order valence-electron chi connectivity index (χ2n) is 7.14. The third-order valence-electron chi connectivity index (χ3n) is 5.17. The molecule has 0 radical (unpaired) electrons. The van der Waals surface area contributed by atoms with Crippen molar-refractivity contribution in [2.24, 2.45) is 5.14 Å². The van der Waals surface area contributed by atoms with Crippen LogP contribution in [0.4, 0.5) is 0 Å². The number of imidazole rings is 1. The molecule has 0 saturated carbocycles. The van der Waals surface area contributed by atoms with Crippen molar-refractivity contribution >= 4 is 26.4 Å². The Morgan fingerprint density at radius 3 is 2.43 bits per heavy atom. The molecule has 0 unspecified atom stereocenters. The van der Waals surface area contributed by atoms with Crippen molar-refractivity contribution in [1.82, 2.24) is 14.4 Å². The second kappa shape index (κ2) is 7.05. The molecular weight excluding hydrogens is 396 g/mol. The smallest absolute Gasteiger partial charge is 0.238 e. The number of benzene rings is 3. The molecule has 0 fully saturated rings. The van der Waals surface area contributed by atoms with E-state index in [4.69, 9.17) is 5.14 Å². The zero-order valence-electron chi connectivity index (χ0n) is 15.9. The Bertz CT molecular complexity index is 1490. The van der Waals surface area contributed by atoms with Gasteiger partial charge in [0.1, 0.15) is 0 Å². The van der Waals surface area contributed by atoms with Crippen LogP contribution in [0.3, 0.4) is 0 Å². The molecule has 2 N–H and O–H groups in total. The summed E-state index contributed by atoms with van der Waals surface area (Å²) in [6, 6.07) is 21.1. The normalized spacial score (nSPS) is 11.9. The van der Waals surface area contributed by atoms with Gasteiger partial charge in [0.05, 0.1) is 22.5 Å². The molecule has 2 aromatic heterocycles. The van der Waals surface area contributed by atoms with Crippen molar-refractivity contribution in [1.29, 1.82) is 0 Å². The molecule has 3 aromatic carbocycles. The Balaban J connectivity index is 1.53.